The fraction of sp³-hybridized carbons (Fsp3) is 0.231. The van der Waals surface area contributed by atoms with E-state index in [1.54, 1.807) is 30.5 Å². The van der Waals surface area contributed by atoms with E-state index in [2.05, 4.69) is 4.98 Å². The van der Waals surface area contributed by atoms with Gasteiger partial charge in [0.25, 0.3) is 0 Å². The summed E-state index contributed by atoms with van der Waals surface area (Å²) in [6, 6.07) is 3.41. The van der Waals surface area contributed by atoms with Crippen molar-refractivity contribution in [1.29, 1.82) is 0 Å². The zero-order chi connectivity index (χ0) is 12.3. The lowest BCUT2D eigenvalue weighted by atomic mass is 9.76. The molecule has 1 aromatic heterocycles. The molecule has 0 aliphatic heterocycles. The molecule has 88 valence electrons. The van der Waals surface area contributed by atoms with Crippen molar-refractivity contribution in [1.82, 2.24) is 4.98 Å². The predicted molar refractivity (Wildman–Crippen MR) is 63.0 cm³/mol. The minimum Gasteiger partial charge on any atom is -0.481 e. The third-order valence-corrected chi connectivity index (χ3v) is 2.91. The van der Waals surface area contributed by atoms with Gasteiger partial charge in [-0.1, -0.05) is 30.4 Å². The molecular weight excluding hydrogens is 218 g/mol. The van der Waals surface area contributed by atoms with Crippen molar-refractivity contribution >= 4 is 5.97 Å². The first kappa shape index (κ1) is 11.4. The van der Waals surface area contributed by atoms with Gasteiger partial charge in [-0.2, -0.15) is 0 Å². The molecule has 1 aromatic rings. The number of hydrogen-bond donors (Lipinski definition) is 1. The summed E-state index contributed by atoms with van der Waals surface area (Å²) in [5, 5.41) is 9.42. The van der Waals surface area contributed by atoms with Gasteiger partial charge in [0.05, 0.1) is 7.11 Å². The quantitative estimate of drug-likeness (QED) is 0.863. The van der Waals surface area contributed by atoms with Gasteiger partial charge in [0.1, 0.15) is 5.41 Å². The lowest BCUT2D eigenvalue weighted by Crippen LogP contribution is -2.34. The second kappa shape index (κ2) is 4.41. The van der Waals surface area contributed by atoms with Crippen LogP contribution in [0.2, 0.25) is 0 Å². The number of rotatable bonds is 3. The molecular formula is C13H13NO3. The van der Waals surface area contributed by atoms with E-state index in [9.17, 15) is 9.90 Å². The number of carboxylic acids is 1. The van der Waals surface area contributed by atoms with E-state index in [-0.39, 0.29) is 0 Å². The highest BCUT2D eigenvalue weighted by atomic mass is 16.5. The van der Waals surface area contributed by atoms with E-state index in [4.69, 9.17) is 4.74 Å². The molecule has 0 radical (unpaired) electrons. The van der Waals surface area contributed by atoms with Crippen LogP contribution in [0.1, 0.15) is 12.0 Å². The van der Waals surface area contributed by atoms with E-state index in [0.717, 1.165) is 0 Å². The number of aromatic nitrogens is 1. The smallest absolute Gasteiger partial charge is 0.318 e. The van der Waals surface area contributed by atoms with Crippen LogP contribution in [0.3, 0.4) is 0 Å². The Balaban J connectivity index is 2.43. The van der Waals surface area contributed by atoms with Crippen LogP contribution in [-0.4, -0.2) is 23.2 Å². The van der Waals surface area contributed by atoms with Gasteiger partial charge >= 0.3 is 5.97 Å². The van der Waals surface area contributed by atoms with Gasteiger partial charge in [0, 0.05) is 12.3 Å². The summed E-state index contributed by atoms with van der Waals surface area (Å²) in [7, 11) is 1.53. The van der Waals surface area contributed by atoms with Crippen molar-refractivity contribution in [3.8, 4) is 5.88 Å². The number of allylic oxidation sites excluding steroid dienone is 3. The Hall–Kier alpha value is -2.10. The van der Waals surface area contributed by atoms with Crippen molar-refractivity contribution < 1.29 is 14.6 Å². The van der Waals surface area contributed by atoms with Crippen LogP contribution in [0.25, 0.3) is 0 Å². The Labute approximate surface area is 99.3 Å². The fourth-order valence-electron chi connectivity index (χ4n) is 1.88. The summed E-state index contributed by atoms with van der Waals surface area (Å²) in [5.41, 5.74) is -0.347. The second-order valence-electron chi connectivity index (χ2n) is 3.86. The van der Waals surface area contributed by atoms with Gasteiger partial charge in [-0.15, -0.1) is 0 Å². The molecule has 1 aliphatic carbocycles. The maximum Gasteiger partial charge on any atom is 0.318 e. The highest BCUT2D eigenvalue weighted by Crippen LogP contribution is 2.33. The molecule has 0 aromatic carbocycles. The number of pyridine rings is 1. The Bertz CT molecular complexity index is 476. The molecule has 1 atom stereocenters. The summed E-state index contributed by atoms with van der Waals surface area (Å²) >= 11 is 0. The van der Waals surface area contributed by atoms with Crippen LogP contribution in [0, 0.1) is 0 Å². The molecule has 0 amide bonds. The highest BCUT2D eigenvalue weighted by Gasteiger charge is 2.37. The summed E-state index contributed by atoms with van der Waals surface area (Å²) in [5.74, 6) is -0.394. The van der Waals surface area contributed by atoms with Gasteiger partial charge < -0.3 is 9.84 Å². The zero-order valence-electron chi connectivity index (χ0n) is 9.46. The summed E-state index contributed by atoms with van der Waals surface area (Å²) in [6.45, 7) is 0. The first-order valence-corrected chi connectivity index (χ1v) is 5.27. The molecule has 1 N–H and O–H groups in total. The highest BCUT2D eigenvalue weighted by molar-refractivity contribution is 5.84. The normalized spacial score (nSPS) is 22.4. The minimum atomic E-state index is -1.01. The van der Waals surface area contributed by atoms with Crippen molar-refractivity contribution in [2.24, 2.45) is 0 Å². The number of carbonyl (C=O) groups is 1. The summed E-state index contributed by atoms with van der Waals surface area (Å²) < 4.78 is 4.96. The number of hydrogen-bond acceptors (Lipinski definition) is 3. The lowest BCUT2D eigenvalue weighted by Gasteiger charge is -2.26. The van der Waals surface area contributed by atoms with E-state index in [0.29, 0.717) is 17.9 Å². The van der Waals surface area contributed by atoms with Crippen LogP contribution in [-0.2, 0) is 10.2 Å². The number of aliphatic carboxylic acids is 1. The lowest BCUT2D eigenvalue weighted by molar-refractivity contribution is -0.141. The molecule has 4 heteroatoms. The van der Waals surface area contributed by atoms with Crippen molar-refractivity contribution in [2.75, 3.05) is 7.11 Å². The van der Waals surface area contributed by atoms with Crippen molar-refractivity contribution in [3.05, 3.63) is 48.2 Å². The second-order valence-corrected chi connectivity index (χ2v) is 3.86. The van der Waals surface area contributed by atoms with E-state index >= 15 is 0 Å². The van der Waals surface area contributed by atoms with Crippen LogP contribution < -0.4 is 4.74 Å². The summed E-state index contributed by atoms with van der Waals surface area (Å²) in [4.78, 5) is 15.5. The van der Waals surface area contributed by atoms with E-state index in [1.165, 1.54) is 7.11 Å². The standard InChI is InChI=1S/C13H13NO3/c1-17-11-6-5-10(9-14-11)13(12(15)16)7-3-2-4-8-13/h2-7,9H,8H2,1H3,(H,15,16). The topological polar surface area (TPSA) is 59.4 Å². The summed E-state index contributed by atoms with van der Waals surface area (Å²) in [6.07, 6.45) is 9.13. The Morgan fingerprint density at radius 2 is 2.29 bits per heavy atom. The molecule has 1 heterocycles. The Kier molecular flexibility index (Phi) is 2.95. The number of carboxylic acid groups (broad SMARTS) is 1. The maximum absolute atomic E-state index is 11.5. The van der Waals surface area contributed by atoms with Crippen LogP contribution in [0.15, 0.2) is 42.6 Å². The molecule has 0 spiro atoms. The monoisotopic (exact) mass is 231 g/mol. The van der Waals surface area contributed by atoms with Gasteiger partial charge in [-0.05, 0) is 12.0 Å². The Morgan fingerprint density at radius 3 is 2.76 bits per heavy atom. The molecule has 0 saturated heterocycles. The van der Waals surface area contributed by atoms with Gasteiger partial charge in [-0.25, -0.2) is 4.98 Å². The molecule has 0 saturated carbocycles. The first-order valence-electron chi connectivity index (χ1n) is 5.27. The fourth-order valence-corrected chi connectivity index (χ4v) is 1.88. The van der Waals surface area contributed by atoms with Crippen LogP contribution in [0.4, 0.5) is 0 Å². The molecule has 1 unspecified atom stereocenters. The average molecular weight is 231 g/mol. The molecule has 0 fully saturated rings. The van der Waals surface area contributed by atoms with Gasteiger partial charge in [0.15, 0.2) is 0 Å². The average Bonchev–Trinajstić information content (AvgIpc) is 2.39. The third kappa shape index (κ3) is 1.93. The van der Waals surface area contributed by atoms with Crippen molar-refractivity contribution in [3.63, 3.8) is 0 Å². The number of methoxy groups -OCH3 is 1. The maximum atomic E-state index is 11.5. The predicted octanol–water partition coefficient (Wildman–Crippen LogP) is 1.93. The van der Waals surface area contributed by atoms with Gasteiger partial charge in [0.2, 0.25) is 5.88 Å². The van der Waals surface area contributed by atoms with E-state index < -0.39 is 11.4 Å². The van der Waals surface area contributed by atoms with Gasteiger partial charge in [-0.3, -0.25) is 4.79 Å². The number of ether oxygens (including phenoxy) is 1. The molecule has 17 heavy (non-hydrogen) atoms. The van der Waals surface area contributed by atoms with Crippen molar-refractivity contribution in [2.45, 2.75) is 11.8 Å². The number of nitrogens with zero attached hydrogens (tertiary/aromatic N) is 1. The first-order chi connectivity index (χ1) is 8.19. The largest absolute Gasteiger partial charge is 0.481 e. The zero-order valence-corrected chi connectivity index (χ0v) is 9.46. The minimum absolute atomic E-state index is 0.437. The Morgan fingerprint density at radius 1 is 1.47 bits per heavy atom. The SMILES string of the molecule is COc1ccc(C2(C(=O)O)C=CC=CC2)cn1. The molecule has 4 nitrogen and oxygen atoms in total. The van der Waals surface area contributed by atoms with E-state index in [1.807, 2.05) is 12.2 Å². The molecule has 0 bridgehead atoms. The van der Waals surface area contributed by atoms with Crippen LogP contribution >= 0.6 is 0 Å². The molecule has 1 aliphatic rings. The van der Waals surface area contributed by atoms with Crippen LogP contribution in [0.5, 0.6) is 5.88 Å². The molecule has 2 rings (SSSR count). The third-order valence-electron chi connectivity index (χ3n) is 2.91.